The van der Waals surface area contributed by atoms with Gasteiger partial charge in [0, 0.05) is 18.3 Å². The van der Waals surface area contributed by atoms with Crippen LogP contribution in [-0.2, 0) is 6.54 Å². The molecule has 1 fully saturated rings. The van der Waals surface area contributed by atoms with E-state index in [1.165, 1.54) is 23.5 Å². The molecule has 19 heavy (non-hydrogen) atoms. The van der Waals surface area contributed by atoms with E-state index in [0.717, 1.165) is 18.0 Å². The zero-order valence-electron chi connectivity index (χ0n) is 11.9. The first kappa shape index (κ1) is 14.5. The Bertz CT molecular complexity index is 403. The molecular weight excluding hydrogens is 258 g/mol. The molecule has 0 bridgehead atoms. The van der Waals surface area contributed by atoms with Gasteiger partial charge < -0.3 is 14.8 Å². The van der Waals surface area contributed by atoms with Gasteiger partial charge in [0.2, 0.25) is 0 Å². The van der Waals surface area contributed by atoms with E-state index < -0.39 is 0 Å². The molecule has 1 atom stereocenters. The Morgan fingerprint density at radius 3 is 2.84 bits per heavy atom. The van der Waals surface area contributed by atoms with Crippen LogP contribution in [0.5, 0.6) is 11.5 Å². The van der Waals surface area contributed by atoms with E-state index in [1.807, 2.05) is 31.7 Å². The van der Waals surface area contributed by atoms with Crippen molar-refractivity contribution in [1.29, 1.82) is 0 Å². The Kier molecular flexibility index (Phi) is 5.40. The van der Waals surface area contributed by atoms with Gasteiger partial charge in [-0.25, -0.2) is 0 Å². The van der Waals surface area contributed by atoms with Crippen molar-refractivity contribution in [2.45, 2.75) is 39.0 Å². The van der Waals surface area contributed by atoms with Crippen LogP contribution in [0.1, 0.15) is 25.8 Å². The second-order valence-electron chi connectivity index (χ2n) is 5.09. The number of methoxy groups -OCH3 is 1. The van der Waals surface area contributed by atoms with Gasteiger partial charge in [0.25, 0.3) is 0 Å². The highest BCUT2D eigenvalue weighted by Gasteiger charge is 2.15. The molecule has 1 heterocycles. The summed E-state index contributed by atoms with van der Waals surface area (Å²) in [6.45, 7) is 4.93. The highest BCUT2D eigenvalue weighted by atomic mass is 32.2. The Morgan fingerprint density at radius 2 is 2.21 bits per heavy atom. The van der Waals surface area contributed by atoms with Crippen LogP contribution in [0.15, 0.2) is 18.2 Å². The van der Waals surface area contributed by atoms with Crippen molar-refractivity contribution in [1.82, 2.24) is 5.32 Å². The molecule has 1 saturated heterocycles. The number of benzene rings is 1. The maximum Gasteiger partial charge on any atom is 0.161 e. The highest BCUT2D eigenvalue weighted by molar-refractivity contribution is 7.99. The molecular formula is C15H23NO2S. The number of ether oxygens (including phenoxy) is 2. The van der Waals surface area contributed by atoms with Crippen molar-refractivity contribution in [3.05, 3.63) is 23.8 Å². The third-order valence-electron chi connectivity index (χ3n) is 3.12. The molecule has 1 N–H and O–H groups in total. The Hall–Kier alpha value is -0.870. The van der Waals surface area contributed by atoms with Crippen molar-refractivity contribution >= 4 is 11.8 Å². The standard InChI is InChI=1S/C15H23NO2S/c1-11(2)18-14-5-4-12(8-15(14)17-3)9-16-13-6-7-19-10-13/h4-5,8,11,13,16H,6-7,9-10H2,1-3H3. The summed E-state index contributed by atoms with van der Waals surface area (Å²) >= 11 is 2.03. The Balaban J connectivity index is 1.97. The lowest BCUT2D eigenvalue weighted by Crippen LogP contribution is -2.27. The Labute approximate surface area is 120 Å². The number of nitrogens with one attached hydrogen (secondary N) is 1. The molecule has 1 aliphatic rings. The van der Waals surface area contributed by atoms with Gasteiger partial charge in [0.1, 0.15) is 0 Å². The predicted octanol–water partition coefficient (Wildman–Crippen LogP) is 3.08. The van der Waals surface area contributed by atoms with Crippen LogP contribution in [0.4, 0.5) is 0 Å². The molecule has 0 saturated carbocycles. The first-order valence-corrected chi connectivity index (χ1v) is 7.99. The van der Waals surface area contributed by atoms with E-state index in [2.05, 4.69) is 17.4 Å². The number of hydrogen-bond acceptors (Lipinski definition) is 4. The molecule has 1 aliphatic heterocycles. The van der Waals surface area contributed by atoms with Gasteiger partial charge in [0.05, 0.1) is 13.2 Å². The Morgan fingerprint density at radius 1 is 1.37 bits per heavy atom. The second kappa shape index (κ2) is 7.06. The lowest BCUT2D eigenvalue weighted by atomic mass is 10.1. The third-order valence-corrected chi connectivity index (χ3v) is 4.28. The molecule has 0 aromatic heterocycles. The van der Waals surface area contributed by atoms with E-state index in [4.69, 9.17) is 9.47 Å². The first-order chi connectivity index (χ1) is 9.19. The topological polar surface area (TPSA) is 30.5 Å². The molecule has 1 unspecified atom stereocenters. The van der Waals surface area contributed by atoms with E-state index in [0.29, 0.717) is 6.04 Å². The number of hydrogen-bond donors (Lipinski definition) is 1. The monoisotopic (exact) mass is 281 g/mol. The van der Waals surface area contributed by atoms with E-state index in [1.54, 1.807) is 7.11 Å². The van der Waals surface area contributed by atoms with Crippen LogP contribution in [0, 0.1) is 0 Å². The summed E-state index contributed by atoms with van der Waals surface area (Å²) in [5.74, 6) is 4.14. The van der Waals surface area contributed by atoms with E-state index >= 15 is 0 Å². The smallest absolute Gasteiger partial charge is 0.161 e. The van der Waals surface area contributed by atoms with Crippen molar-refractivity contribution in [2.24, 2.45) is 0 Å². The highest BCUT2D eigenvalue weighted by Crippen LogP contribution is 2.29. The van der Waals surface area contributed by atoms with Gasteiger partial charge >= 0.3 is 0 Å². The molecule has 1 aromatic rings. The van der Waals surface area contributed by atoms with Gasteiger partial charge in [-0.05, 0) is 43.7 Å². The number of rotatable bonds is 6. The zero-order chi connectivity index (χ0) is 13.7. The van der Waals surface area contributed by atoms with Crippen molar-refractivity contribution in [2.75, 3.05) is 18.6 Å². The quantitative estimate of drug-likeness (QED) is 0.868. The summed E-state index contributed by atoms with van der Waals surface area (Å²) in [5.41, 5.74) is 1.24. The van der Waals surface area contributed by atoms with E-state index in [9.17, 15) is 0 Å². The minimum absolute atomic E-state index is 0.161. The molecule has 1 aromatic carbocycles. The van der Waals surface area contributed by atoms with Crippen LogP contribution in [0.25, 0.3) is 0 Å². The van der Waals surface area contributed by atoms with Gasteiger partial charge in [-0.1, -0.05) is 6.07 Å². The van der Waals surface area contributed by atoms with Crippen molar-refractivity contribution in [3.8, 4) is 11.5 Å². The maximum atomic E-state index is 5.72. The fourth-order valence-corrected chi connectivity index (χ4v) is 3.32. The average Bonchev–Trinajstić information content (AvgIpc) is 2.90. The second-order valence-corrected chi connectivity index (χ2v) is 6.24. The van der Waals surface area contributed by atoms with Crippen molar-refractivity contribution in [3.63, 3.8) is 0 Å². The SMILES string of the molecule is COc1cc(CNC2CCSC2)ccc1OC(C)C. The molecule has 0 spiro atoms. The van der Waals surface area contributed by atoms with Gasteiger partial charge in [-0.15, -0.1) is 0 Å². The average molecular weight is 281 g/mol. The van der Waals surface area contributed by atoms with Crippen LogP contribution in [0.2, 0.25) is 0 Å². The predicted molar refractivity (Wildman–Crippen MR) is 81.3 cm³/mol. The van der Waals surface area contributed by atoms with Crippen LogP contribution in [0.3, 0.4) is 0 Å². The normalized spacial score (nSPS) is 18.8. The molecule has 0 amide bonds. The molecule has 106 valence electrons. The van der Waals surface area contributed by atoms with Gasteiger partial charge in [-0.3, -0.25) is 0 Å². The first-order valence-electron chi connectivity index (χ1n) is 6.83. The van der Waals surface area contributed by atoms with E-state index in [-0.39, 0.29) is 6.10 Å². The van der Waals surface area contributed by atoms with Crippen molar-refractivity contribution < 1.29 is 9.47 Å². The minimum Gasteiger partial charge on any atom is -0.493 e. The fourth-order valence-electron chi connectivity index (χ4n) is 2.13. The number of thioether (sulfide) groups is 1. The van der Waals surface area contributed by atoms with Gasteiger partial charge in [0.15, 0.2) is 11.5 Å². The maximum absolute atomic E-state index is 5.72. The van der Waals surface area contributed by atoms with Crippen LogP contribution in [-0.4, -0.2) is 30.8 Å². The van der Waals surface area contributed by atoms with Crippen LogP contribution >= 0.6 is 11.8 Å². The summed E-state index contributed by atoms with van der Waals surface area (Å²) in [6, 6.07) is 6.82. The summed E-state index contributed by atoms with van der Waals surface area (Å²) in [7, 11) is 1.69. The fraction of sp³-hybridized carbons (Fsp3) is 0.600. The largest absolute Gasteiger partial charge is 0.493 e. The summed E-state index contributed by atoms with van der Waals surface area (Å²) in [4.78, 5) is 0. The molecule has 4 heteroatoms. The summed E-state index contributed by atoms with van der Waals surface area (Å²) in [6.07, 6.45) is 1.43. The molecule has 2 rings (SSSR count). The minimum atomic E-state index is 0.161. The zero-order valence-corrected chi connectivity index (χ0v) is 12.8. The summed E-state index contributed by atoms with van der Waals surface area (Å²) < 4.78 is 11.1. The molecule has 0 radical (unpaired) electrons. The summed E-state index contributed by atoms with van der Waals surface area (Å²) in [5, 5.41) is 3.59. The lowest BCUT2D eigenvalue weighted by Gasteiger charge is -2.16. The third kappa shape index (κ3) is 4.32. The molecule has 0 aliphatic carbocycles. The molecule has 3 nitrogen and oxygen atoms in total. The van der Waals surface area contributed by atoms with Crippen LogP contribution < -0.4 is 14.8 Å². The van der Waals surface area contributed by atoms with Gasteiger partial charge in [-0.2, -0.15) is 11.8 Å². The lowest BCUT2D eigenvalue weighted by molar-refractivity contribution is 0.230.